The molecule has 21 heavy (non-hydrogen) atoms. The molecular weight excluding hydrogens is 268 g/mol. The second-order valence-corrected chi connectivity index (χ2v) is 4.39. The van der Waals surface area contributed by atoms with Crippen molar-refractivity contribution in [1.82, 2.24) is 0 Å². The molecule has 0 radical (unpaired) electrons. The van der Waals surface area contributed by atoms with E-state index in [0.717, 1.165) is 5.56 Å². The molecular formula is C17H16O4. The summed E-state index contributed by atoms with van der Waals surface area (Å²) in [6.45, 7) is 1.59. The Bertz CT molecular complexity index is 678. The third kappa shape index (κ3) is 3.42. The summed E-state index contributed by atoms with van der Waals surface area (Å²) in [5.74, 6) is -0.500. The number of carbonyl (C=O) groups is 1. The van der Waals surface area contributed by atoms with Crippen LogP contribution in [0.5, 0.6) is 0 Å². The van der Waals surface area contributed by atoms with Gasteiger partial charge in [-0.15, -0.1) is 0 Å². The minimum Gasteiger partial charge on any atom is -0.500 e. The lowest BCUT2D eigenvalue weighted by molar-refractivity contribution is -0.130. The highest BCUT2D eigenvalue weighted by Gasteiger charge is 2.20. The molecule has 0 spiro atoms. The molecule has 108 valence electrons. The van der Waals surface area contributed by atoms with Crippen molar-refractivity contribution in [1.29, 1.82) is 0 Å². The number of allylic oxidation sites excluding steroid dienone is 1. The summed E-state index contributed by atoms with van der Waals surface area (Å²) in [4.78, 5) is 11.4. The van der Waals surface area contributed by atoms with Gasteiger partial charge in [0.25, 0.3) is 0 Å². The van der Waals surface area contributed by atoms with Gasteiger partial charge in [0, 0.05) is 5.56 Å². The van der Waals surface area contributed by atoms with E-state index in [2.05, 4.69) is 0 Å². The Balaban J connectivity index is 2.39. The fraction of sp³-hybridized carbons (Fsp3) is 0.118. The number of aliphatic carboxylic acids is 1. The predicted octanol–water partition coefficient (Wildman–Crippen LogP) is 3.91. The summed E-state index contributed by atoms with van der Waals surface area (Å²) in [6.07, 6.45) is 5.18. The van der Waals surface area contributed by atoms with Crippen molar-refractivity contribution in [3.05, 3.63) is 65.3 Å². The van der Waals surface area contributed by atoms with Crippen molar-refractivity contribution in [2.75, 3.05) is 7.11 Å². The van der Waals surface area contributed by atoms with Gasteiger partial charge in [-0.3, -0.25) is 0 Å². The number of hydrogen-bond donors (Lipinski definition) is 1. The summed E-state index contributed by atoms with van der Waals surface area (Å²) in [5, 5.41) is 9.33. The van der Waals surface area contributed by atoms with Gasteiger partial charge >= 0.3 is 5.97 Å². The topological polar surface area (TPSA) is 59.7 Å². The zero-order valence-corrected chi connectivity index (χ0v) is 11.9. The lowest BCUT2D eigenvalue weighted by atomic mass is 10.1. The van der Waals surface area contributed by atoms with Gasteiger partial charge in [0.2, 0.25) is 0 Å². The molecule has 0 aliphatic rings. The Morgan fingerprint density at radius 2 is 1.90 bits per heavy atom. The number of carboxylic acids is 1. The lowest BCUT2D eigenvalue weighted by Gasteiger charge is -2.05. The van der Waals surface area contributed by atoms with Crippen molar-refractivity contribution >= 4 is 23.7 Å². The highest BCUT2D eigenvalue weighted by molar-refractivity contribution is 6.16. The predicted molar refractivity (Wildman–Crippen MR) is 81.3 cm³/mol. The van der Waals surface area contributed by atoms with E-state index < -0.39 is 5.97 Å². The molecule has 0 amide bonds. The zero-order valence-electron chi connectivity index (χ0n) is 11.9. The highest BCUT2D eigenvalue weighted by atomic mass is 16.5. The lowest BCUT2D eigenvalue weighted by Crippen LogP contribution is -2.04. The van der Waals surface area contributed by atoms with Gasteiger partial charge in [0.05, 0.1) is 13.4 Å². The second-order valence-electron chi connectivity index (χ2n) is 4.39. The van der Waals surface area contributed by atoms with Crippen LogP contribution in [0.1, 0.15) is 23.8 Å². The SMILES string of the molecule is COC(C)=C(C(=O)O)c1occc1C=Cc1ccccc1. The molecule has 2 aromatic rings. The maximum absolute atomic E-state index is 11.4. The van der Waals surface area contributed by atoms with Gasteiger partial charge < -0.3 is 14.3 Å². The molecule has 4 heteroatoms. The number of rotatable bonds is 5. The number of benzene rings is 1. The van der Waals surface area contributed by atoms with Crippen molar-refractivity contribution in [3.8, 4) is 0 Å². The molecule has 0 unspecified atom stereocenters. The van der Waals surface area contributed by atoms with Crippen LogP contribution in [0, 0.1) is 0 Å². The van der Waals surface area contributed by atoms with Crippen LogP contribution < -0.4 is 0 Å². The van der Waals surface area contributed by atoms with E-state index in [1.54, 1.807) is 13.0 Å². The first-order valence-corrected chi connectivity index (χ1v) is 6.42. The van der Waals surface area contributed by atoms with E-state index in [0.29, 0.717) is 11.3 Å². The Labute approximate surface area is 123 Å². The molecule has 0 atom stereocenters. The number of ether oxygens (including phenoxy) is 1. The van der Waals surface area contributed by atoms with Gasteiger partial charge in [-0.2, -0.15) is 0 Å². The average Bonchev–Trinajstić information content (AvgIpc) is 2.94. The minimum atomic E-state index is -1.08. The first kappa shape index (κ1) is 14.7. The van der Waals surface area contributed by atoms with Crippen LogP contribution in [0.3, 0.4) is 0 Å². The average molecular weight is 284 g/mol. The summed E-state index contributed by atoms with van der Waals surface area (Å²) >= 11 is 0. The van der Waals surface area contributed by atoms with Gasteiger partial charge in [-0.1, -0.05) is 42.5 Å². The molecule has 1 heterocycles. The third-order valence-corrected chi connectivity index (χ3v) is 3.05. The first-order valence-electron chi connectivity index (χ1n) is 6.42. The van der Waals surface area contributed by atoms with Gasteiger partial charge in [0.1, 0.15) is 11.3 Å². The minimum absolute atomic E-state index is 0.0233. The molecule has 0 fully saturated rings. The molecule has 1 N–H and O–H groups in total. The van der Waals surface area contributed by atoms with E-state index in [9.17, 15) is 9.90 Å². The summed E-state index contributed by atoms with van der Waals surface area (Å²) in [7, 11) is 1.43. The monoisotopic (exact) mass is 284 g/mol. The normalized spacial score (nSPS) is 12.3. The smallest absolute Gasteiger partial charge is 0.342 e. The van der Waals surface area contributed by atoms with Gasteiger partial charge in [0.15, 0.2) is 5.76 Å². The maximum Gasteiger partial charge on any atom is 0.342 e. The van der Waals surface area contributed by atoms with E-state index in [1.165, 1.54) is 13.4 Å². The van der Waals surface area contributed by atoms with E-state index in [4.69, 9.17) is 9.15 Å². The summed E-state index contributed by atoms with van der Waals surface area (Å²) in [5.41, 5.74) is 1.73. The Kier molecular flexibility index (Phi) is 4.61. The first-order chi connectivity index (χ1) is 10.1. The van der Waals surface area contributed by atoms with Crippen LogP contribution in [0.4, 0.5) is 0 Å². The highest BCUT2D eigenvalue weighted by Crippen LogP contribution is 2.26. The van der Waals surface area contributed by atoms with Crippen LogP contribution in [0.15, 0.2) is 52.8 Å². The van der Waals surface area contributed by atoms with Crippen LogP contribution in [-0.2, 0) is 9.53 Å². The van der Waals surface area contributed by atoms with Crippen molar-refractivity contribution in [2.24, 2.45) is 0 Å². The van der Waals surface area contributed by atoms with E-state index >= 15 is 0 Å². The molecule has 0 aliphatic heterocycles. The molecule has 0 saturated heterocycles. The molecule has 4 nitrogen and oxygen atoms in total. The zero-order chi connectivity index (χ0) is 15.2. The quantitative estimate of drug-likeness (QED) is 0.668. The molecule has 0 saturated carbocycles. The fourth-order valence-corrected chi connectivity index (χ4v) is 1.91. The van der Waals surface area contributed by atoms with E-state index in [-0.39, 0.29) is 11.3 Å². The molecule has 1 aromatic heterocycles. The second kappa shape index (κ2) is 6.61. The van der Waals surface area contributed by atoms with Crippen LogP contribution >= 0.6 is 0 Å². The van der Waals surface area contributed by atoms with Crippen LogP contribution in [0.2, 0.25) is 0 Å². The summed E-state index contributed by atoms with van der Waals surface area (Å²) in [6, 6.07) is 11.5. The number of hydrogen-bond acceptors (Lipinski definition) is 3. The Morgan fingerprint density at radius 1 is 1.19 bits per heavy atom. The fourth-order valence-electron chi connectivity index (χ4n) is 1.91. The Hall–Kier alpha value is -2.75. The Morgan fingerprint density at radius 3 is 2.52 bits per heavy atom. The van der Waals surface area contributed by atoms with Crippen molar-refractivity contribution in [3.63, 3.8) is 0 Å². The maximum atomic E-state index is 11.4. The number of carboxylic acid groups (broad SMARTS) is 1. The van der Waals surface area contributed by atoms with Gasteiger partial charge in [-0.25, -0.2) is 4.79 Å². The molecule has 2 rings (SSSR count). The molecule has 0 bridgehead atoms. The summed E-state index contributed by atoms with van der Waals surface area (Å²) < 4.78 is 10.4. The molecule has 1 aromatic carbocycles. The van der Waals surface area contributed by atoms with Gasteiger partial charge in [-0.05, 0) is 18.6 Å². The van der Waals surface area contributed by atoms with Crippen molar-refractivity contribution < 1.29 is 19.1 Å². The van der Waals surface area contributed by atoms with E-state index in [1.807, 2.05) is 42.5 Å². The number of methoxy groups -OCH3 is 1. The third-order valence-electron chi connectivity index (χ3n) is 3.05. The van der Waals surface area contributed by atoms with Crippen molar-refractivity contribution in [2.45, 2.75) is 6.92 Å². The largest absolute Gasteiger partial charge is 0.500 e. The van der Waals surface area contributed by atoms with Crippen LogP contribution in [-0.4, -0.2) is 18.2 Å². The number of furan rings is 1. The molecule has 0 aliphatic carbocycles. The van der Waals surface area contributed by atoms with Crippen LogP contribution in [0.25, 0.3) is 17.7 Å². The standard InChI is InChI=1S/C17H16O4/c1-12(20-2)15(17(18)19)16-14(10-11-21-16)9-8-13-6-4-3-5-7-13/h3-11H,1-2H3,(H,18,19).